The largest absolute Gasteiger partial charge is 0.508 e. The first-order chi connectivity index (χ1) is 9.75. The van der Waals surface area contributed by atoms with Crippen molar-refractivity contribution < 1.29 is 14.7 Å². The molecule has 1 aromatic carbocycles. The summed E-state index contributed by atoms with van der Waals surface area (Å²) in [5.41, 5.74) is 1.10. The summed E-state index contributed by atoms with van der Waals surface area (Å²) in [6.07, 6.45) is 4.39. The minimum absolute atomic E-state index is 0.168. The Morgan fingerprint density at radius 2 is 1.75 bits per heavy atom. The van der Waals surface area contributed by atoms with Gasteiger partial charge in [-0.1, -0.05) is 19.0 Å². The molecule has 0 spiro atoms. The predicted octanol–water partition coefficient (Wildman–Crippen LogP) is 3.00. The first kappa shape index (κ1) is 15.4. The third kappa shape index (κ3) is 4.89. The van der Waals surface area contributed by atoms with Gasteiger partial charge in [-0.15, -0.1) is 0 Å². The topological polar surface area (TPSA) is 71.8 Å². The Balaban J connectivity index is 0.000000956. The number of rotatable bonds is 3. The van der Waals surface area contributed by atoms with Crippen molar-refractivity contribution in [2.45, 2.75) is 13.8 Å². The summed E-state index contributed by atoms with van der Waals surface area (Å²) in [6.45, 7) is 4.00. The monoisotopic (exact) mass is 272 g/mol. The molecule has 5 nitrogen and oxygen atoms in total. The molecule has 1 heterocycles. The zero-order chi connectivity index (χ0) is 14.8. The van der Waals surface area contributed by atoms with Crippen molar-refractivity contribution in [2.24, 2.45) is 5.16 Å². The lowest BCUT2D eigenvalue weighted by molar-refractivity contribution is 0.0519. The van der Waals surface area contributed by atoms with E-state index in [1.54, 1.807) is 24.3 Å². The highest BCUT2D eigenvalue weighted by Crippen LogP contribution is 2.08. The number of hydrogen-bond acceptors (Lipinski definition) is 5. The fraction of sp³-hybridized carbons (Fsp3) is 0.133. The minimum atomic E-state index is -0.549. The van der Waals surface area contributed by atoms with Gasteiger partial charge >= 0.3 is 5.97 Å². The highest BCUT2D eigenvalue weighted by atomic mass is 16.7. The van der Waals surface area contributed by atoms with Gasteiger partial charge in [-0.25, -0.2) is 4.79 Å². The maximum Gasteiger partial charge on any atom is 0.365 e. The fourth-order valence-electron chi connectivity index (χ4n) is 1.24. The van der Waals surface area contributed by atoms with Gasteiger partial charge in [0, 0.05) is 12.4 Å². The molecule has 1 N–H and O–H groups in total. The predicted molar refractivity (Wildman–Crippen MR) is 76.7 cm³/mol. The second kappa shape index (κ2) is 8.42. The van der Waals surface area contributed by atoms with E-state index < -0.39 is 5.97 Å². The number of phenols is 1. The molecule has 0 aliphatic heterocycles. The molecule has 0 unspecified atom stereocenters. The van der Waals surface area contributed by atoms with Crippen LogP contribution in [-0.2, 0) is 4.84 Å². The van der Waals surface area contributed by atoms with Crippen molar-refractivity contribution >= 4 is 12.2 Å². The quantitative estimate of drug-likeness (QED) is 0.529. The second-order valence-corrected chi connectivity index (χ2v) is 3.44. The molecule has 104 valence electrons. The second-order valence-electron chi connectivity index (χ2n) is 3.44. The Kier molecular flexibility index (Phi) is 6.47. The summed E-state index contributed by atoms with van der Waals surface area (Å²) in [4.78, 5) is 20.0. The van der Waals surface area contributed by atoms with Crippen LogP contribution in [0.25, 0.3) is 0 Å². The maximum atomic E-state index is 11.5. The molecule has 0 radical (unpaired) electrons. The van der Waals surface area contributed by atoms with Gasteiger partial charge in [-0.3, -0.25) is 4.98 Å². The van der Waals surface area contributed by atoms with Gasteiger partial charge in [-0.2, -0.15) is 0 Å². The van der Waals surface area contributed by atoms with E-state index in [1.807, 2.05) is 13.8 Å². The van der Waals surface area contributed by atoms with Crippen molar-refractivity contribution in [3.8, 4) is 5.75 Å². The molecule has 0 saturated carbocycles. The Morgan fingerprint density at radius 1 is 1.15 bits per heavy atom. The Bertz CT molecular complexity index is 551. The molecule has 0 atom stereocenters. The van der Waals surface area contributed by atoms with E-state index in [-0.39, 0.29) is 5.75 Å². The first-order valence-electron chi connectivity index (χ1n) is 6.19. The van der Waals surface area contributed by atoms with E-state index in [2.05, 4.69) is 10.1 Å². The molecule has 20 heavy (non-hydrogen) atoms. The number of carbonyl (C=O) groups is 1. The van der Waals surface area contributed by atoms with E-state index in [9.17, 15) is 4.79 Å². The van der Waals surface area contributed by atoms with Crippen LogP contribution in [-0.4, -0.2) is 22.3 Å². The average molecular weight is 272 g/mol. The van der Waals surface area contributed by atoms with Crippen LogP contribution in [0.4, 0.5) is 0 Å². The number of carbonyl (C=O) groups excluding carboxylic acids is 1. The average Bonchev–Trinajstić information content (AvgIpc) is 2.52. The van der Waals surface area contributed by atoms with Crippen LogP contribution in [0.15, 0.2) is 53.9 Å². The first-order valence-corrected chi connectivity index (χ1v) is 6.19. The lowest BCUT2D eigenvalue weighted by atomic mass is 10.2. The molecular weight excluding hydrogens is 256 g/mol. The van der Waals surface area contributed by atoms with Crippen molar-refractivity contribution in [3.63, 3.8) is 0 Å². The van der Waals surface area contributed by atoms with Crippen molar-refractivity contribution in [3.05, 3.63) is 59.9 Å². The lowest BCUT2D eigenvalue weighted by Gasteiger charge is -1.96. The van der Waals surface area contributed by atoms with Crippen LogP contribution in [0.5, 0.6) is 5.75 Å². The van der Waals surface area contributed by atoms with Crippen LogP contribution >= 0.6 is 0 Å². The van der Waals surface area contributed by atoms with Gasteiger partial charge in [0.2, 0.25) is 0 Å². The maximum absolute atomic E-state index is 11.5. The minimum Gasteiger partial charge on any atom is -0.508 e. The molecule has 0 aliphatic rings. The smallest absolute Gasteiger partial charge is 0.365 e. The van der Waals surface area contributed by atoms with Gasteiger partial charge in [0.1, 0.15) is 5.75 Å². The molecule has 2 aromatic rings. The molecule has 2 rings (SSSR count). The fourth-order valence-corrected chi connectivity index (χ4v) is 1.24. The van der Waals surface area contributed by atoms with E-state index in [0.717, 1.165) is 5.56 Å². The molecule has 0 aliphatic carbocycles. The standard InChI is InChI=1S/C13H10N2O3.C2H6/c16-12-3-1-10(2-4-12)9-15-18-13(17)11-5-7-14-8-6-11;1-2/h1-9,16H;1-2H3/b15-9+;. The number of nitrogens with zero attached hydrogens (tertiary/aromatic N) is 2. The number of pyridine rings is 1. The number of aromatic hydroxyl groups is 1. The Hall–Kier alpha value is -2.69. The van der Waals surface area contributed by atoms with E-state index in [1.165, 1.54) is 30.7 Å². The number of hydrogen-bond donors (Lipinski definition) is 1. The number of benzene rings is 1. The van der Waals surface area contributed by atoms with Crippen LogP contribution in [0.1, 0.15) is 29.8 Å². The van der Waals surface area contributed by atoms with E-state index in [4.69, 9.17) is 9.94 Å². The third-order valence-electron chi connectivity index (χ3n) is 2.15. The summed E-state index contributed by atoms with van der Waals surface area (Å²) in [7, 11) is 0. The van der Waals surface area contributed by atoms with Crippen molar-refractivity contribution in [1.29, 1.82) is 0 Å². The zero-order valence-electron chi connectivity index (χ0n) is 11.4. The highest BCUT2D eigenvalue weighted by molar-refractivity contribution is 5.89. The zero-order valence-corrected chi connectivity index (χ0v) is 11.4. The summed E-state index contributed by atoms with van der Waals surface area (Å²) in [5.74, 6) is -0.381. The molecule has 0 fully saturated rings. The Labute approximate surface area is 117 Å². The van der Waals surface area contributed by atoms with E-state index >= 15 is 0 Å². The van der Waals surface area contributed by atoms with Crippen LogP contribution in [0.2, 0.25) is 0 Å². The molecule has 0 saturated heterocycles. The Morgan fingerprint density at radius 3 is 2.35 bits per heavy atom. The highest BCUT2D eigenvalue weighted by Gasteiger charge is 2.04. The molecule has 5 heteroatoms. The molecular formula is C15H16N2O3. The summed E-state index contributed by atoms with van der Waals surface area (Å²) >= 11 is 0. The van der Waals surface area contributed by atoms with Crippen molar-refractivity contribution in [1.82, 2.24) is 4.98 Å². The SMILES string of the molecule is CC.O=C(O/N=C/c1ccc(O)cc1)c1ccncc1. The van der Waals surface area contributed by atoms with Crippen molar-refractivity contribution in [2.75, 3.05) is 0 Å². The molecule has 0 bridgehead atoms. The summed E-state index contributed by atoms with van der Waals surface area (Å²) in [5, 5.41) is 12.7. The van der Waals surface area contributed by atoms with Gasteiger partial charge in [0.15, 0.2) is 0 Å². The van der Waals surface area contributed by atoms with Crippen LogP contribution < -0.4 is 0 Å². The summed E-state index contributed by atoms with van der Waals surface area (Å²) in [6, 6.07) is 9.42. The van der Waals surface area contributed by atoms with Crippen LogP contribution in [0.3, 0.4) is 0 Å². The molecule has 0 amide bonds. The third-order valence-corrected chi connectivity index (χ3v) is 2.15. The normalized spacial score (nSPS) is 9.70. The number of oxime groups is 1. The van der Waals surface area contributed by atoms with Crippen LogP contribution in [0, 0.1) is 0 Å². The van der Waals surface area contributed by atoms with Gasteiger partial charge in [0.05, 0.1) is 11.8 Å². The van der Waals surface area contributed by atoms with Gasteiger partial charge in [-0.05, 0) is 42.0 Å². The molecule has 1 aromatic heterocycles. The van der Waals surface area contributed by atoms with E-state index in [0.29, 0.717) is 5.56 Å². The number of aromatic nitrogens is 1. The summed E-state index contributed by atoms with van der Waals surface area (Å²) < 4.78 is 0. The number of phenolic OH excluding ortho intramolecular Hbond substituents is 1. The van der Waals surface area contributed by atoms with Gasteiger partial charge in [0.25, 0.3) is 0 Å². The lowest BCUT2D eigenvalue weighted by Crippen LogP contribution is -2.00. The van der Waals surface area contributed by atoms with Gasteiger partial charge < -0.3 is 9.94 Å².